The van der Waals surface area contributed by atoms with Gasteiger partial charge in [-0.25, -0.2) is 17.2 Å². The van der Waals surface area contributed by atoms with Crippen LogP contribution < -0.4 is 16.0 Å². The molecule has 11 heteroatoms. The summed E-state index contributed by atoms with van der Waals surface area (Å²) in [5, 5.41) is 8.99. The van der Waals surface area contributed by atoms with Gasteiger partial charge in [-0.3, -0.25) is 9.78 Å². The number of nitrogens with one attached hydrogen (secondary N) is 3. The fourth-order valence-corrected chi connectivity index (χ4v) is 6.73. The van der Waals surface area contributed by atoms with Gasteiger partial charge in [-0.05, 0) is 57.2 Å². The van der Waals surface area contributed by atoms with Gasteiger partial charge in [-0.1, -0.05) is 12.1 Å². The number of amides is 1. The van der Waals surface area contributed by atoms with Crippen LogP contribution in [0.2, 0.25) is 0 Å². The van der Waals surface area contributed by atoms with Crippen molar-refractivity contribution in [2.24, 2.45) is 0 Å². The number of rotatable bonds is 11. The number of carbonyl (C=O) groups excluding carboxylic acids is 1. The molecule has 2 aromatic rings. The van der Waals surface area contributed by atoms with Crippen LogP contribution in [0, 0.1) is 11.6 Å². The van der Waals surface area contributed by atoms with E-state index in [2.05, 4.69) is 20.9 Å². The highest BCUT2D eigenvalue weighted by atomic mass is 32.2. The van der Waals surface area contributed by atoms with E-state index in [4.69, 9.17) is 0 Å². The highest BCUT2D eigenvalue weighted by molar-refractivity contribution is 7.90. The maximum atomic E-state index is 15.0. The van der Waals surface area contributed by atoms with Gasteiger partial charge in [-0.15, -0.1) is 0 Å². The van der Waals surface area contributed by atoms with E-state index >= 15 is 4.39 Å². The minimum atomic E-state index is -3.35. The third-order valence-corrected chi connectivity index (χ3v) is 9.18. The zero-order valence-corrected chi connectivity index (χ0v) is 22.0. The maximum Gasteiger partial charge on any atom is 0.243 e. The number of anilines is 1. The van der Waals surface area contributed by atoms with Crippen LogP contribution in [-0.4, -0.2) is 66.6 Å². The molecule has 2 fully saturated rings. The first kappa shape index (κ1) is 27.4. The third kappa shape index (κ3) is 7.03. The molecule has 1 aromatic carbocycles. The van der Waals surface area contributed by atoms with Crippen LogP contribution in [0.5, 0.6) is 0 Å². The number of pyridine rings is 1. The zero-order chi connectivity index (χ0) is 26.6. The van der Waals surface area contributed by atoms with Crippen LogP contribution in [0.4, 0.5) is 14.5 Å². The molecule has 2 aliphatic rings. The summed E-state index contributed by atoms with van der Waals surface area (Å²) in [5.41, 5.74) is 1.48. The number of halogens is 2. The third-order valence-electron chi connectivity index (χ3n) is 6.73. The Kier molecular flexibility index (Phi) is 8.76. The van der Waals surface area contributed by atoms with E-state index in [0.717, 1.165) is 11.8 Å². The van der Waals surface area contributed by atoms with Crippen LogP contribution in [-0.2, 0) is 27.7 Å². The molecule has 1 aliphatic carbocycles. The molecule has 0 spiro atoms. The second kappa shape index (κ2) is 11.8. The topological polar surface area (TPSA) is 103 Å². The highest BCUT2D eigenvalue weighted by Crippen LogP contribution is 2.33. The Labute approximate surface area is 217 Å². The van der Waals surface area contributed by atoms with Crippen molar-refractivity contribution in [3.05, 3.63) is 59.4 Å². The largest absolute Gasteiger partial charge is 0.372 e. The molecule has 202 valence electrons. The van der Waals surface area contributed by atoms with Crippen molar-refractivity contribution in [1.82, 2.24) is 19.9 Å². The molecule has 1 amide bonds. The molecule has 3 N–H and O–H groups in total. The number of hydrogen-bond acceptors (Lipinski definition) is 6. The average Bonchev–Trinajstić information content (AvgIpc) is 3.71. The number of piperazine rings is 1. The van der Waals surface area contributed by atoms with E-state index in [0.29, 0.717) is 50.1 Å². The zero-order valence-electron chi connectivity index (χ0n) is 21.2. The monoisotopic (exact) mass is 535 g/mol. The van der Waals surface area contributed by atoms with Crippen molar-refractivity contribution in [2.45, 2.75) is 69.3 Å². The van der Waals surface area contributed by atoms with Crippen molar-refractivity contribution in [1.29, 1.82) is 0 Å². The summed E-state index contributed by atoms with van der Waals surface area (Å²) in [4.78, 5) is 17.0. The van der Waals surface area contributed by atoms with Gasteiger partial charge in [0.25, 0.3) is 0 Å². The maximum absolute atomic E-state index is 15.0. The summed E-state index contributed by atoms with van der Waals surface area (Å²) in [5.74, 6) is -1.16. The summed E-state index contributed by atoms with van der Waals surface area (Å²) in [6.07, 6.45) is 4.96. The van der Waals surface area contributed by atoms with Crippen molar-refractivity contribution < 1.29 is 22.0 Å². The van der Waals surface area contributed by atoms with Crippen LogP contribution in [0.15, 0.2) is 36.7 Å². The normalized spacial score (nSPS) is 19.5. The van der Waals surface area contributed by atoms with E-state index < -0.39 is 21.9 Å². The first-order valence-electron chi connectivity index (χ1n) is 12.8. The number of nitrogens with zero attached hydrogens (tertiary/aromatic N) is 2. The number of carbonyl (C=O) groups is 1. The Morgan fingerprint density at radius 3 is 2.59 bits per heavy atom. The fourth-order valence-electron chi connectivity index (χ4n) is 4.67. The Hall–Kier alpha value is -2.63. The van der Waals surface area contributed by atoms with Crippen molar-refractivity contribution in [3.63, 3.8) is 0 Å². The first-order chi connectivity index (χ1) is 17.6. The van der Waals surface area contributed by atoms with E-state index in [1.54, 1.807) is 16.4 Å². The molecule has 2 heterocycles. The predicted molar refractivity (Wildman–Crippen MR) is 139 cm³/mol. The Bertz CT molecular complexity index is 1190. The first-order valence-corrected chi connectivity index (χ1v) is 14.3. The van der Waals surface area contributed by atoms with Crippen LogP contribution in [0.25, 0.3) is 0 Å². The van der Waals surface area contributed by atoms with Crippen LogP contribution in [0.1, 0.15) is 44.2 Å². The molecule has 37 heavy (non-hydrogen) atoms. The van der Waals surface area contributed by atoms with Gasteiger partial charge in [0.15, 0.2) is 0 Å². The Morgan fingerprint density at radius 1 is 1.19 bits per heavy atom. The minimum Gasteiger partial charge on any atom is -0.372 e. The summed E-state index contributed by atoms with van der Waals surface area (Å²) in [7, 11) is -3.35. The van der Waals surface area contributed by atoms with Gasteiger partial charge >= 0.3 is 0 Å². The number of benzene rings is 1. The molecule has 0 radical (unpaired) electrons. The number of hydrogen-bond donors (Lipinski definition) is 3. The van der Waals surface area contributed by atoms with Crippen molar-refractivity contribution >= 4 is 21.6 Å². The average molecular weight is 536 g/mol. The molecule has 4 rings (SSSR count). The second-order valence-electron chi connectivity index (χ2n) is 10.1. The standard InChI is InChI=1S/C26H35F2N5O3S/c1-17(2)31-26(34)24(13-18-3-5-19(27)6-4-18)32-25-16-30-15-23(28)22(25)10-7-20-14-29-11-12-33(20)37(35,36)21-8-9-21/h3-6,15-17,20-21,24,29,32H,7-14H2,1-2H3,(H,31,34)/t20-,24-/m0/s1. The predicted octanol–water partition coefficient (Wildman–Crippen LogP) is 2.61. The summed E-state index contributed by atoms with van der Waals surface area (Å²) >= 11 is 0. The van der Waals surface area contributed by atoms with E-state index in [1.165, 1.54) is 18.3 Å². The Balaban J connectivity index is 1.53. The molecular formula is C26H35F2N5O3S. The lowest BCUT2D eigenvalue weighted by Crippen LogP contribution is -2.54. The number of sulfonamides is 1. The molecule has 2 atom stereocenters. The fraction of sp³-hybridized carbons (Fsp3) is 0.538. The quantitative estimate of drug-likeness (QED) is 0.409. The van der Waals surface area contributed by atoms with Crippen LogP contribution >= 0.6 is 0 Å². The van der Waals surface area contributed by atoms with Gasteiger partial charge in [-0.2, -0.15) is 4.31 Å². The summed E-state index contributed by atoms with van der Waals surface area (Å²) in [6.45, 7) is 5.20. The van der Waals surface area contributed by atoms with Gasteiger partial charge in [0.1, 0.15) is 17.7 Å². The summed E-state index contributed by atoms with van der Waals surface area (Å²) < 4.78 is 55.9. The molecule has 1 saturated heterocycles. The molecule has 0 bridgehead atoms. The minimum absolute atomic E-state index is 0.103. The van der Waals surface area contributed by atoms with Gasteiger partial charge < -0.3 is 16.0 Å². The van der Waals surface area contributed by atoms with Gasteiger partial charge in [0.2, 0.25) is 15.9 Å². The Morgan fingerprint density at radius 2 is 1.92 bits per heavy atom. The lowest BCUT2D eigenvalue weighted by Gasteiger charge is -2.35. The van der Waals surface area contributed by atoms with E-state index in [1.807, 2.05) is 13.8 Å². The van der Waals surface area contributed by atoms with Gasteiger partial charge in [0, 0.05) is 43.7 Å². The van der Waals surface area contributed by atoms with E-state index in [-0.39, 0.29) is 41.9 Å². The van der Waals surface area contributed by atoms with Crippen molar-refractivity contribution in [3.8, 4) is 0 Å². The lowest BCUT2D eigenvalue weighted by atomic mass is 10.0. The SMILES string of the molecule is CC(C)NC(=O)[C@H](Cc1ccc(F)cc1)Nc1cncc(F)c1CC[C@H]1CNCCN1S(=O)(=O)C1CC1. The highest BCUT2D eigenvalue weighted by Gasteiger charge is 2.43. The lowest BCUT2D eigenvalue weighted by molar-refractivity contribution is -0.122. The second-order valence-corrected chi connectivity index (χ2v) is 12.3. The number of aromatic nitrogens is 1. The molecule has 8 nitrogen and oxygen atoms in total. The van der Waals surface area contributed by atoms with Crippen LogP contribution in [0.3, 0.4) is 0 Å². The molecular weight excluding hydrogens is 500 g/mol. The smallest absolute Gasteiger partial charge is 0.243 e. The molecule has 0 unspecified atom stereocenters. The molecule has 1 aliphatic heterocycles. The van der Waals surface area contributed by atoms with Gasteiger partial charge in [0.05, 0.1) is 23.3 Å². The van der Waals surface area contributed by atoms with E-state index in [9.17, 15) is 17.6 Å². The molecule has 1 saturated carbocycles. The van der Waals surface area contributed by atoms with Crippen molar-refractivity contribution in [2.75, 3.05) is 25.0 Å². The summed E-state index contributed by atoms with van der Waals surface area (Å²) in [6, 6.07) is 4.76. The molecule has 1 aromatic heterocycles.